The number of nitrogens with one attached hydrogen (secondary N) is 2. The van der Waals surface area contributed by atoms with Crippen LogP contribution in [0, 0.1) is 13.8 Å². The molecule has 0 fully saturated rings. The van der Waals surface area contributed by atoms with Crippen molar-refractivity contribution in [1.29, 1.82) is 0 Å². The van der Waals surface area contributed by atoms with Crippen LogP contribution in [0.2, 0.25) is 0 Å². The van der Waals surface area contributed by atoms with E-state index in [1.54, 1.807) is 0 Å². The molecule has 2 aromatic rings. The minimum atomic E-state index is 0.0263. The summed E-state index contributed by atoms with van der Waals surface area (Å²) in [6.45, 7) is 6.61. The maximum atomic E-state index is 11.5. The van der Waals surface area contributed by atoms with E-state index in [-0.39, 0.29) is 5.91 Å². The first-order valence-electron chi connectivity index (χ1n) is 7.13. The highest BCUT2D eigenvalue weighted by atomic mass is 16.1. The molecule has 0 atom stereocenters. The molecule has 0 aliphatic carbocycles. The molecule has 1 aromatic carbocycles. The van der Waals surface area contributed by atoms with Crippen LogP contribution in [0.1, 0.15) is 30.2 Å². The van der Waals surface area contributed by atoms with Gasteiger partial charge in [-0.3, -0.25) is 9.48 Å². The summed E-state index contributed by atoms with van der Waals surface area (Å²) >= 11 is 0. The third kappa shape index (κ3) is 3.42. The lowest BCUT2D eigenvalue weighted by atomic mass is 10.1. The van der Waals surface area contributed by atoms with Gasteiger partial charge in [-0.25, -0.2) is 0 Å². The van der Waals surface area contributed by atoms with E-state index in [2.05, 4.69) is 22.7 Å². The summed E-state index contributed by atoms with van der Waals surface area (Å²) in [5, 5.41) is 10.6. The molecule has 0 aliphatic rings. The Balaban J connectivity index is 2.12. The van der Waals surface area contributed by atoms with Gasteiger partial charge in [-0.1, -0.05) is 13.0 Å². The number of amides is 1. The first kappa shape index (κ1) is 15.1. The minimum absolute atomic E-state index is 0.0263. The Labute approximate surface area is 125 Å². The van der Waals surface area contributed by atoms with Crippen LogP contribution >= 0.6 is 0 Å². The van der Waals surface area contributed by atoms with E-state index < -0.39 is 0 Å². The molecule has 0 unspecified atom stereocenters. The maximum Gasteiger partial charge on any atom is 0.224 e. The van der Waals surface area contributed by atoms with Crippen molar-refractivity contribution in [2.24, 2.45) is 7.05 Å². The van der Waals surface area contributed by atoms with Gasteiger partial charge in [0, 0.05) is 42.6 Å². The number of rotatable bonds is 5. The number of hydrogen-bond donors (Lipinski definition) is 2. The Bertz CT molecular complexity index is 646. The Morgan fingerprint density at radius 1 is 1.29 bits per heavy atom. The molecule has 0 saturated carbocycles. The van der Waals surface area contributed by atoms with Crippen LogP contribution in [-0.2, 0) is 18.4 Å². The Kier molecular flexibility index (Phi) is 4.62. The molecule has 0 radical (unpaired) electrons. The van der Waals surface area contributed by atoms with Gasteiger partial charge in [0.25, 0.3) is 0 Å². The van der Waals surface area contributed by atoms with E-state index >= 15 is 0 Å². The van der Waals surface area contributed by atoms with Gasteiger partial charge in [0.15, 0.2) is 0 Å². The molecule has 1 amide bonds. The van der Waals surface area contributed by atoms with Gasteiger partial charge in [0.05, 0.1) is 6.20 Å². The molecular formula is C16H22N4O. The highest BCUT2D eigenvalue weighted by molar-refractivity contribution is 5.92. The number of carbonyl (C=O) groups excluding carboxylic acids is 1. The first-order valence-corrected chi connectivity index (χ1v) is 7.13. The predicted octanol–water partition coefficient (Wildman–Crippen LogP) is 3.00. The highest BCUT2D eigenvalue weighted by Gasteiger charge is 2.08. The van der Waals surface area contributed by atoms with Gasteiger partial charge in [0.1, 0.15) is 0 Å². The largest absolute Gasteiger partial charge is 0.381 e. The van der Waals surface area contributed by atoms with Gasteiger partial charge < -0.3 is 10.6 Å². The molecule has 0 aliphatic heterocycles. The number of aryl methyl sites for hydroxylation is 1. The first-order chi connectivity index (χ1) is 10.0. The summed E-state index contributed by atoms with van der Waals surface area (Å²) < 4.78 is 1.86. The third-order valence-corrected chi connectivity index (χ3v) is 3.74. The Morgan fingerprint density at radius 3 is 2.62 bits per heavy atom. The van der Waals surface area contributed by atoms with Gasteiger partial charge >= 0.3 is 0 Å². The van der Waals surface area contributed by atoms with Crippen molar-refractivity contribution in [1.82, 2.24) is 9.78 Å². The molecule has 112 valence electrons. The number of carbonyl (C=O) groups is 1. The average Bonchev–Trinajstić information content (AvgIpc) is 2.79. The second-order valence-corrected chi connectivity index (χ2v) is 5.11. The molecule has 1 heterocycles. The van der Waals surface area contributed by atoms with Crippen molar-refractivity contribution in [3.05, 3.63) is 41.2 Å². The average molecular weight is 286 g/mol. The van der Waals surface area contributed by atoms with Crippen molar-refractivity contribution < 1.29 is 4.79 Å². The summed E-state index contributed by atoms with van der Waals surface area (Å²) in [5.74, 6) is 0.0263. The molecule has 1 aromatic heterocycles. The normalized spacial score (nSPS) is 10.5. The molecule has 21 heavy (non-hydrogen) atoms. The molecule has 2 N–H and O–H groups in total. The zero-order chi connectivity index (χ0) is 15.4. The number of nitrogens with zero attached hydrogens (tertiary/aromatic N) is 2. The number of anilines is 2. The van der Waals surface area contributed by atoms with Crippen LogP contribution in [-0.4, -0.2) is 15.7 Å². The molecule has 0 saturated heterocycles. The molecule has 0 bridgehead atoms. The fourth-order valence-corrected chi connectivity index (χ4v) is 2.11. The van der Waals surface area contributed by atoms with E-state index in [1.165, 1.54) is 5.56 Å². The van der Waals surface area contributed by atoms with Crippen molar-refractivity contribution in [3.63, 3.8) is 0 Å². The standard InChI is InChI=1S/C16H22N4O/c1-5-16(21)19-15-8-6-7-14(11(15)2)17-9-13-10-18-20(4)12(13)3/h6-8,10,17H,5,9H2,1-4H3,(H,19,21). The smallest absolute Gasteiger partial charge is 0.224 e. The summed E-state index contributed by atoms with van der Waals surface area (Å²) in [7, 11) is 1.94. The van der Waals surface area contributed by atoms with Gasteiger partial charge in [-0.15, -0.1) is 0 Å². The van der Waals surface area contributed by atoms with Crippen molar-refractivity contribution in [3.8, 4) is 0 Å². The number of benzene rings is 1. The van der Waals surface area contributed by atoms with Gasteiger partial charge in [0.2, 0.25) is 5.91 Å². The Hall–Kier alpha value is -2.30. The van der Waals surface area contributed by atoms with Crippen LogP contribution in [0.15, 0.2) is 24.4 Å². The topological polar surface area (TPSA) is 59.0 Å². The van der Waals surface area contributed by atoms with E-state index in [0.29, 0.717) is 13.0 Å². The Morgan fingerprint density at radius 2 is 2.00 bits per heavy atom. The number of aromatic nitrogens is 2. The summed E-state index contributed by atoms with van der Waals surface area (Å²) in [6, 6.07) is 5.88. The minimum Gasteiger partial charge on any atom is -0.381 e. The zero-order valence-electron chi connectivity index (χ0n) is 13.0. The van der Waals surface area contributed by atoms with Crippen LogP contribution in [0.25, 0.3) is 0 Å². The SMILES string of the molecule is CCC(=O)Nc1cccc(NCc2cnn(C)c2C)c1C. The second kappa shape index (κ2) is 6.43. The lowest BCUT2D eigenvalue weighted by Crippen LogP contribution is -2.11. The monoisotopic (exact) mass is 286 g/mol. The quantitative estimate of drug-likeness (QED) is 0.888. The van der Waals surface area contributed by atoms with E-state index in [1.807, 2.05) is 50.0 Å². The zero-order valence-corrected chi connectivity index (χ0v) is 13.0. The summed E-state index contributed by atoms with van der Waals surface area (Å²) in [5.41, 5.74) is 5.23. The molecule has 5 nitrogen and oxygen atoms in total. The van der Waals surface area contributed by atoms with E-state index in [9.17, 15) is 4.79 Å². The summed E-state index contributed by atoms with van der Waals surface area (Å²) in [4.78, 5) is 11.5. The highest BCUT2D eigenvalue weighted by Crippen LogP contribution is 2.24. The lowest BCUT2D eigenvalue weighted by Gasteiger charge is -2.14. The molecular weight excluding hydrogens is 264 g/mol. The van der Waals surface area contributed by atoms with Crippen molar-refractivity contribution >= 4 is 17.3 Å². The van der Waals surface area contributed by atoms with Crippen LogP contribution < -0.4 is 10.6 Å². The molecule has 0 spiro atoms. The third-order valence-electron chi connectivity index (χ3n) is 3.74. The van der Waals surface area contributed by atoms with Gasteiger partial charge in [-0.2, -0.15) is 5.10 Å². The fourth-order valence-electron chi connectivity index (χ4n) is 2.11. The van der Waals surface area contributed by atoms with E-state index in [4.69, 9.17) is 0 Å². The van der Waals surface area contributed by atoms with Crippen molar-refractivity contribution in [2.45, 2.75) is 33.7 Å². The van der Waals surface area contributed by atoms with Gasteiger partial charge in [-0.05, 0) is 31.5 Å². The second-order valence-electron chi connectivity index (χ2n) is 5.11. The van der Waals surface area contributed by atoms with Crippen LogP contribution in [0.4, 0.5) is 11.4 Å². The molecule has 2 rings (SSSR count). The maximum absolute atomic E-state index is 11.5. The lowest BCUT2D eigenvalue weighted by molar-refractivity contribution is -0.115. The fraction of sp³-hybridized carbons (Fsp3) is 0.375. The van der Waals surface area contributed by atoms with Crippen molar-refractivity contribution in [2.75, 3.05) is 10.6 Å². The predicted molar refractivity (Wildman–Crippen MR) is 85.4 cm³/mol. The molecule has 5 heteroatoms. The van der Waals surface area contributed by atoms with E-state index in [0.717, 1.165) is 22.6 Å². The number of hydrogen-bond acceptors (Lipinski definition) is 3. The van der Waals surface area contributed by atoms with Crippen LogP contribution in [0.3, 0.4) is 0 Å². The van der Waals surface area contributed by atoms with Crippen LogP contribution in [0.5, 0.6) is 0 Å². The summed E-state index contributed by atoms with van der Waals surface area (Å²) in [6.07, 6.45) is 2.35.